The number of aliphatic hydroxyl groups is 2. The molecule has 1 aliphatic carbocycles. The highest BCUT2D eigenvalue weighted by atomic mass is 35.5. The molecule has 2 aromatic heterocycles. The Bertz CT molecular complexity index is 1270. The number of hydrogen-bond donors (Lipinski definition) is 4. The molecule has 2 fully saturated rings. The van der Waals surface area contributed by atoms with Gasteiger partial charge >= 0.3 is 0 Å². The maximum Gasteiger partial charge on any atom is 0.296 e. The van der Waals surface area contributed by atoms with E-state index >= 15 is 0 Å². The summed E-state index contributed by atoms with van der Waals surface area (Å²) in [6.07, 6.45) is 0.540. The van der Waals surface area contributed by atoms with Gasteiger partial charge in [-0.25, -0.2) is 8.78 Å². The van der Waals surface area contributed by atoms with Crippen LogP contribution < -0.4 is 14.8 Å². The van der Waals surface area contributed by atoms with Crippen LogP contribution in [0.1, 0.15) is 56.5 Å². The van der Waals surface area contributed by atoms with Crippen molar-refractivity contribution in [2.75, 3.05) is 19.8 Å². The van der Waals surface area contributed by atoms with Crippen LogP contribution in [0.5, 0.6) is 11.9 Å². The van der Waals surface area contributed by atoms with Crippen molar-refractivity contribution >= 4 is 28.7 Å². The van der Waals surface area contributed by atoms with Crippen molar-refractivity contribution in [2.24, 2.45) is 5.92 Å². The number of nitrogens with one attached hydrogen (secondary N) is 2. The smallest absolute Gasteiger partial charge is 0.296 e. The van der Waals surface area contributed by atoms with Gasteiger partial charge in [0.25, 0.3) is 11.9 Å². The first-order valence-electron chi connectivity index (χ1n) is 13.4. The number of fused-ring (bicyclic) bond motifs is 2. The molecule has 4 N–H and O–H groups in total. The molecule has 13 heteroatoms. The number of carbonyl (C=O) groups is 1. The maximum absolute atomic E-state index is 14.5. The molecule has 3 heterocycles. The number of amides is 1. The molecule has 220 valence electrons. The van der Waals surface area contributed by atoms with E-state index in [9.17, 15) is 18.7 Å². The number of H-pyrrole nitrogens is 1. The Hall–Kier alpha value is -3.06. The first-order valence-corrected chi connectivity index (χ1v) is 13.7. The van der Waals surface area contributed by atoms with Crippen molar-refractivity contribution in [3.8, 4) is 11.9 Å². The van der Waals surface area contributed by atoms with E-state index in [1.165, 1.54) is 6.07 Å². The lowest BCUT2D eigenvalue weighted by molar-refractivity contribution is 0.0135. The van der Waals surface area contributed by atoms with Crippen LogP contribution in [-0.4, -0.2) is 69.1 Å². The van der Waals surface area contributed by atoms with Gasteiger partial charge in [-0.2, -0.15) is 9.97 Å². The third-order valence-electron chi connectivity index (χ3n) is 6.32. The fourth-order valence-corrected chi connectivity index (χ4v) is 4.73. The molecule has 1 saturated heterocycles. The number of aliphatic hydroxyl groups excluding tert-OH is 2. The van der Waals surface area contributed by atoms with Gasteiger partial charge in [-0.15, -0.1) is 0 Å². The van der Waals surface area contributed by atoms with Gasteiger partial charge in [-0.1, -0.05) is 39.3 Å². The van der Waals surface area contributed by atoms with Gasteiger partial charge in [0.2, 0.25) is 5.88 Å². The second-order valence-electron chi connectivity index (χ2n) is 8.64. The van der Waals surface area contributed by atoms with Gasteiger partial charge in [0.15, 0.2) is 5.65 Å². The summed E-state index contributed by atoms with van der Waals surface area (Å²) in [7, 11) is 0. The molecular weight excluding hydrogens is 550 g/mol. The second-order valence-corrected chi connectivity index (χ2v) is 9.05. The summed E-state index contributed by atoms with van der Waals surface area (Å²) in [6.45, 7) is 7.41. The lowest BCUT2D eigenvalue weighted by Crippen LogP contribution is -2.30. The number of hydrogen-bond acceptors (Lipinski definition) is 8. The molecule has 3 aromatic rings. The zero-order chi connectivity index (χ0) is 29.4. The van der Waals surface area contributed by atoms with Gasteiger partial charge in [-0.05, 0) is 31.0 Å². The van der Waals surface area contributed by atoms with Crippen molar-refractivity contribution in [3.05, 3.63) is 46.0 Å². The Morgan fingerprint density at radius 3 is 2.55 bits per heavy atom. The minimum absolute atomic E-state index is 0.0386. The molecule has 0 radical (unpaired) electrons. The first kappa shape index (κ1) is 31.5. The number of ether oxygens (including phenoxy) is 3. The van der Waals surface area contributed by atoms with Gasteiger partial charge in [-0.3, -0.25) is 4.79 Å². The van der Waals surface area contributed by atoms with E-state index in [1.54, 1.807) is 0 Å². The average Bonchev–Trinajstić information content (AvgIpc) is 3.65. The Balaban J connectivity index is 0.00000106. The van der Waals surface area contributed by atoms with Crippen LogP contribution in [0.4, 0.5) is 8.78 Å². The third-order valence-corrected chi connectivity index (χ3v) is 6.59. The molecule has 5 rings (SSSR count). The first-order chi connectivity index (χ1) is 19.3. The molecule has 10 nitrogen and oxygen atoms in total. The van der Waals surface area contributed by atoms with Crippen molar-refractivity contribution < 1.29 is 38.0 Å². The number of aromatic nitrogens is 3. The van der Waals surface area contributed by atoms with E-state index in [-0.39, 0.29) is 66.0 Å². The minimum atomic E-state index is -0.981. The number of halogens is 3. The van der Waals surface area contributed by atoms with Crippen molar-refractivity contribution in [1.29, 1.82) is 0 Å². The number of nitrogens with zero attached hydrogens (tertiary/aromatic N) is 2. The summed E-state index contributed by atoms with van der Waals surface area (Å²) in [5, 5.41) is 21.2. The highest BCUT2D eigenvalue weighted by Gasteiger charge is 2.47. The second kappa shape index (κ2) is 14.5. The van der Waals surface area contributed by atoms with Crippen LogP contribution in [0.2, 0.25) is 5.02 Å². The summed E-state index contributed by atoms with van der Waals surface area (Å²) < 4.78 is 46.1. The van der Waals surface area contributed by atoms with E-state index in [2.05, 4.69) is 20.3 Å². The monoisotopic (exact) mass is 584 g/mol. The Morgan fingerprint density at radius 1 is 1.18 bits per heavy atom. The molecule has 1 aliphatic heterocycles. The Morgan fingerprint density at radius 2 is 1.88 bits per heavy atom. The largest absolute Gasteiger partial charge is 0.471 e. The van der Waals surface area contributed by atoms with Gasteiger partial charge in [0.1, 0.15) is 29.4 Å². The summed E-state index contributed by atoms with van der Waals surface area (Å²) in [4.78, 5) is 23.4. The van der Waals surface area contributed by atoms with Crippen molar-refractivity contribution in [2.45, 2.75) is 65.5 Å². The van der Waals surface area contributed by atoms with E-state index in [4.69, 9.17) is 30.9 Å². The fraction of sp³-hybridized carbons (Fsp3) is 0.519. The summed E-state index contributed by atoms with van der Waals surface area (Å²) in [6, 6.07) is 3.47. The minimum Gasteiger partial charge on any atom is -0.471 e. The quantitative estimate of drug-likeness (QED) is 0.310. The molecule has 40 heavy (non-hydrogen) atoms. The van der Waals surface area contributed by atoms with Crippen LogP contribution in [0.25, 0.3) is 11.2 Å². The number of benzene rings is 1. The molecular formula is C27H35ClF2N4O6. The Labute approximate surface area is 236 Å². The predicted molar refractivity (Wildman–Crippen MR) is 145 cm³/mol. The Kier molecular flexibility index (Phi) is 11.4. The van der Waals surface area contributed by atoms with Crippen LogP contribution >= 0.6 is 11.6 Å². The van der Waals surface area contributed by atoms with Gasteiger partial charge in [0.05, 0.1) is 36.5 Å². The van der Waals surface area contributed by atoms with E-state index < -0.39 is 35.8 Å². The van der Waals surface area contributed by atoms with Crippen molar-refractivity contribution in [3.63, 3.8) is 0 Å². The SMILES string of the molecule is CC.CC.O=C(NCCO)c1cc(F)c(COc2nc3nc(O[C@@H]4CCC5[C@H](O)CO[C@@H]54)[nH]c3cc2Cl)c(F)c1. The lowest BCUT2D eigenvalue weighted by atomic mass is 10.0. The number of rotatable bonds is 8. The predicted octanol–water partition coefficient (Wildman–Crippen LogP) is 4.16. The van der Waals surface area contributed by atoms with E-state index in [1.807, 2.05) is 27.7 Å². The lowest BCUT2D eigenvalue weighted by Gasteiger charge is -2.17. The van der Waals surface area contributed by atoms with Crippen LogP contribution in [0.15, 0.2) is 18.2 Å². The van der Waals surface area contributed by atoms with Crippen LogP contribution in [-0.2, 0) is 11.3 Å². The molecule has 0 spiro atoms. The third kappa shape index (κ3) is 6.98. The molecule has 1 unspecified atom stereocenters. The normalized spacial score (nSPS) is 21.1. The molecule has 1 amide bonds. The van der Waals surface area contributed by atoms with Gasteiger partial charge in [0, 0.05) is 18.0 Å². The number of aromatic amines is 1. The molecule has 4 atom stereocenters. The zero-order valence-electron chi connectivity index (χ0n) is 22.8. The van der Waals surface area contributed by atoms with Crippen molar-refractivity contribution in [1.82, 2.24) is 20.3 Å². The highest BCUT2D eigenvalue weighted by molar-refractivity contribution is 6.32. The zero-order valence-corrected chi connectivity index (χ0v) is 23.6. The van der Waals surface area contributed by atoms with Crippen LogP contribution in [0, 0.1) is 17.6 Å². The topological polar surface area (TPSA) is 139 Å². The standard InChI is InChI=1S/C23H23ClF2N4O6.2C2H6/c24-13-7-16-20(30-23(28-16)36-18-2-1-11-17(32)9-34-19(11)18)29-22(13)35-8-12-14(25)5-10(6-15(12)26)21(33)27-3-4-31;2*1-2/h5-7,11,17-19,31-32H,1-4,8-9H2,(H,27,33)(H,28,29,30);2*1-2H3/t11?,17-,18-,19+;;/m1../s1. The number of carbonyl (C=O) groups excluding carboxylic acids is 1. The maximum atomic E-state index is 14.5. The molecule has 0 bridgehead atoms. The van der Waals surface area contributed by atoms with Crippen LogP contribution in [0.3, 0.4) is 0 Å². The molecule has 2 aliphatic rings. The number of pyridine rings is 1. The van der Waals surface area contributed by atoms with E-state index in [0.717, 1.165) is 18.6 Å². The summed E-state index contributed by atoms with van der Waals surface area (Å²) >= 11 is 6.25. The summed E-state index contributed by atoms with van der Waals surface area (Å²) in [5.41, 5.74) is 0.0604. The molecule has 1 aromatic carbocycles. The highest BCUT2D eigenvalue weighted by Crippen LogP contribution is 2.38. The summed E-state index contributed by atoms with van der Waals surface area (Å²) in [5.74, 6) is -2.73. The van der Waals surface area contributed by atoms with E-state index in [0.29, 0.717) is 11.9 Å². The fourth-order valence-electron chi connectivity index (χ4n) is 4.53. The average molecular weight is 585 g/mol. The van der Waals surface area contributed by atoms with Gasteiger partial charge < -0.3 is 34.7 Å². The molecule has 1 saturated carbocycles. The number of imidazole rings is 1.